The van der Waals surface area contributed by atoms with Gasteiger partial charge in [-0.15, -0.1) is 0 Å². The number of fused-ring (bicyclic) bond motifs is 1. The Balaban J connectivity index is 1.80. The topological polar surface area (TPSA) is 37.3 Å². The second kappa shape index (κ2) is 1.86. The molecule has 4 fully saturated rings. The lowest BCUT2D eigenvalue weighted by Gasteiger charge is -2.47. The van der Waals surface area contributed by atoms with Crippen molar-refractivity contribution >= 4 is 5.97 Å². The third-order valence-corrected chi connectivity index (χ3v) is 4.48. The Morgan fingerprint density at radius 3 is 2.58 bits per heavy atom. The van der Waals surface area contributed by atoms with Crippen LogP contribution >= 0.6 is 0 Å². The molecule has 4 aliphatic rings. The molecule has 4 aliphatic carbocycles. The summed E-state index contributed by atoms with van der Waals surface area (Å²) in [5.41, 5.74) is 0.292. The van der Waals surface area contributed by atoms with Gasteiger partial charge in [-0.1, -0.05) is 0 Å². The van der Waals surface area contributed by atoms with Crippen LogP contribution in [0, 0.1) is 23.2 Å². The second-order valence-electron chi connectivity index (χ2n) is 4.90. The minimum absolute atomic E-state index is 0.0312. The Morgan fingerprint density at radius 2 is 2.17 bits per heavy atom. The van der Waals surface area contributed by atoms with Gasteiger partial charge in [-0.25, -0.2) is 0 Å². The monoisotopic (exact) mass is 166 g/mol. The van der Waals surface area contributed by atoms with E-state index >= 15 is 0 Å². The largest absolute Gasteiger partial charge is 0.481 e. The Morgan fingerprint density at radius 1 is 1.42 bits per heavy atom. The lowest BCUT2D eigenvalue weighted by Crippen LogP contribution is -2.39. The Hall–Kier alpha value is -0.530. The summed E-state index contributed by atoms with van der Waals surface area (Å²) >= 11 is 0. The maximum Gasteiger partial charge on any atom is 0.307 e. The van der Waals surface area contributed by atoms with Crippen molar-refractivity contribution in [1.82, 2.24) is 0 Å². The molecule has 2 nitrogen and oxygen atoms in total. The van der Waals surface area contributed by atoms with Gasteiger partial charge >= 0.3 is 5.97 Å². The van der Waals surface area contributed by atoms with Crippen LogP contribution in [-0.4, -0.2) is 11.1 Å². The van der Waals surface area contributed by atoms with Crippen LogP contribution in [0.15, 0.2) is 0 Å². The van der Waals surface area contributed by atoms with E-state index in [1.807, 2.05) is 0 Å². The van der Waals surface area contributed by atoms with Gasteiger partial charge in [-0.05, 0) is 49.4 Å². The van der Waals surface area contributed by atoms with Crippen molar-refractivity contribution < 1.29 is 9.90 Å². The molecule has 0 heterocycles. The lowest BCUT2D eigenvalue weighted by atomic mass is 9.57. The van der Waals surface area contributed by atoms with Gasteiger partial charge in [0.05, 0.1) is 5.92 Å². The van der Waals surface area contributed by atoms with E-state index < -0.39 is 5.97 Å². The summed E-state index contributed by atoms with van der Waals surface area (Å²) in [7, 11) is 0. The fourth-order valence-corrected chi connectivity index (χ4v) is 3.50. The zero-order valence-corrected chi connectivity index (χ0v) is 7.12. The van der Waals surface area contributed by atoms with Gasteiger partial charge < -0.3 is 5.11 Å². The van der Waals surface area contributed by atoms with Gasteiger partial charge in [0.2, 0.25) is 0 Å². The molecule has 1 N–H and O–H groups in total. The van der Waals surface area contributed by atoms with E-state index in [4.69, 9.17) is 5.11 Å². The number of hydrogen-bond acceptors (Lipinski definition) is 1. The highest BCUT2D eigenvalue weighted by Gasteiger charge is 2.66. The molecule has 0 amide bonds. The molecule has 4 saturated carbocycles. The standard InChI is InChI=1S/C10H14O2/c11-9(12)8-5-10(8)2-1-6-3-7(10)4-6/h6-8H,1-5H2,(H,11,12). The lowest BCUT2D eigenvalue weighted by molar-refractivity contribution is -0.141. The molecule has 0 saturated heterocycles. The van der Waals surface area contributed by atoms with Gasteiger partial charge in [0, 0.05) is 0 Å². The van der Waals surface area contributed by atoms with Crippen LogP contribution in [0.1, 0.15) is 32.1 Å². The quantitative estimate of drug-likeness (QED) is 0.646. The highest BCUT2D eigenvalue weighted by Crippen LogP contribution is 2.71. The van der Waals surface area contributed by atoms with Crippen LogP contribution in [0.3, 0.4) is 0 Å². The summed E-state index contributed by atoms with van der Waals surface area (Å²) in [6, 6.07) is 0. The summed E-state index contributed by atoms with van der Waals surface area (Å²) in [5.74, 6) is 1.25. The molecule has 12 heavy (non-hydrogen) atoms. The molecule has 4 rings (SSSR count). The van der Waals surface area contributed by atoms with Gasteiger partial charge in [0.15, 0.2) is 0 Å². The predicted octanol–water partition coefficient (Wildman–Crippen LogP) is 1.90. The predicted molar refractivity (Wildman–Crippen MR) is 43.6 cm³/mol. The summed E-state index contributed by atoms with van der Waals surface area (Å²) in [6.07, 6.45) is 6.17. The van der Waals surface area contributed by atoms with Crippen molar-refractivity contribution in [2.24, 2.45) is 23.2 Å². The zero-order valence-electron chi connectivity index (χ0n) is 7.12. The van der Waals surface area contributed by atoms with E-state index in [-0.39, 0.29) is 5.92 Å². The van der Waals surface area contributed by atoms with Crippen LogP contribution in [0.2, 0.25) is 0 Å². The number of carboxylic acids is 1. The van der Waals surface area contributed by atoms with Gasteiger partial charge in [0.25, 0.3) is 0 Å². The molecule has 2 unspecified atom stereocenters. The highest BCUT2D eigenvalue weighted by atomic mass is 16.4. The fourth-order valence-electron chi connectivity index (χ4n) is 3.50. The Labute approximate surface area is 72.0 Å². The van der Waals surface area contributed by atoms with Gasteiger partial charge in [0.1, 0.15) is 0 Å². The summed E-state index contributed by atoms with van der Waals surface area (Å²) < 4.78 is 0. The highest BCUT2D eigenvalue weighted by molar-refractivity contribution is 5.75. The third-order valence-electron chi connectivity index (χ3n) is 4.48. The molecule has 0 aliphatic heterocycles. The third kappa shape index (κ3) is 0.644. The molecule has 2 bridgehead atoms. The first-order valence-corrected chi connectivity index (χ1v) is 4.95. The zero-order chi connectivity index (χ0) is 8.34. The molecule has 2 heteroatoms. The molecule has 2 atom stereocenters. The smallest absolute Gasteiger partial charge is 0.307 e. The molecule has 66 valence electrons. The normalized spacial score (nSPS) is 54.8. The van der Waals surface area contributed by atoms with Crippen molar-refractivity contribution in [3.8, 4) is 0 Å². The molecule has 0 radical (unpaired) electrons. The van der Waals surface area contributed by atoms with E-state index in [0.29, 0.717) is 5.41 Å². The number of carbonyl (C=O) groups is 1. The number of hydrogen-bond donors (Lipinski definition) is 1. The van der Waals surface area contributed by atoms with Crippen LogP contribution in [-0.2, 0) is 4.79 Å². The first-order valence-electron chi connectivity index (χ1n) is 4.95. The minimum atomic E-state index is -0.541. The second-order valence-corrected chi connectivity index (χ2v) is 4.90. The van der Waals surface area contributed by atoms with E-state index in [0.717, 1.165) is 18.3 Å². The van der Waals surface area contributed by atoms with Crippen molar-refractivity contribution in [3.63, 3.8) is 0 Å². The van der Waals surface area contributed by atoms with Gasteiger partial charge in [-0.3, -0.25) is 4.79 Å². The van der Waals surface area contributed by atoms with Crippen LogP contribution in [0.4, 0.5) is 0 Å². The summed E-state index contributed by atoms with van der Waals surface area (Å²) in [6.45, 7) is 0. The average molecular weight is 166 g/mol. The maximum absolute atomic E-state index is 10.8. The minimum Gasteiger partial charge on any atom is -0.481 e. The number of aliphatic carboxylic acids is 1. The van der Waals surface area contributed by atoms with Crippen molar-refractivity contribution in [1.29, 1.82) is 0 Å². The van der Waals surface area contributed by atoms with Crippen molar-refractivity contribution in [3.05, 3.63) is 0 Å². The van der Waals surface area contributed by atoms with E-state index in [1.54, 1.807) is 0 Å². The van der Waals surface area contributed by atoms with Crippen molar-refractivity contribution in [2.75, 3.05) is 0 Å². The molecular weight excluding hydrogens is 152 g/mol. The van der Waals surface area contributed by atoms with E-state index in [2.05, 4.69) is 0 Å². The molecule has 0 aromatic carbocycles. The van der Waals surface area contributed by atoms with Gasteiger partial charge in [-0.2, -0.15) is 0 Å². The molecule has 0 aromatic rings. The Kier molecular flexibility index (Phi) is 1.07. The van der Waals surface area contributed by atoms with Crippen LogP contribution < -0.4 is 0 Å². The van der Waals surface area contributed by atoms with Crippen LogP contribution in [0.5, 0.6) is 0 Å². The van der Waals surface area contributed by atoms with E-state index in [9.17, 15) is 4.79 Å². The van der Waals surface area contributed by atoms with Crippen molar-refractivity contribution in [2.45, 2.75) is 32.1 Å². The molecular formula is C10H14O2. The molecule has 0 aromatic heterocycles. The number of rotatable bonds is 1. The van der Waals surface area contributed by atoms with Crippen LogP contribution in [0.25, 0.3) is 0 Å². The molecule has 1 spiro atoms. The SMILES string of the molecule is O=C(O)C1CC12CCC1CC2C1. The summed E-state index contributed by atoms with van der Waals surface area (Å²) in [4.78, 5) is 10.8. The summed E-state index contributed by atoms with van der Waals surface area (Å²) in [5, 5.41) is 8.91. The first kappa shape index (κ1) is 6.93. The maximum atomic E-state index is 10.8. The average Bonchev–Trinajstić information content (AvgIpc) is 2.62. The first-order chi connectivity index (χ1) is 5.72. The fraction of sp³-hybridized carbons (Fsp3) is 0.900. The number of carboxylic acid groups (broad SMARTS) is 1. The Bertz CT molecular complexity index is 239. The van der Waals surface area contributed by atoms with E-state index in [1.165, 1.54) is 25.7 Å².